The van der Waals surface area contributed by atoms with Gasteiger partial charge >= 0.3 is 0 Å². The van der Waals surface area contributed by atoms with Crippen molar-refractivity contribution in [3.8, 4) is 22.9 Å². The molecule has 2 heterocycles. The van der Waals surface area contributed by atoms with Crippen molar-refractivity contribution in [1.82, 2.24) is 14.9 Å². The smallest absolute Gasteiger partial charge is 0.259 e. The quantitative estimate of drug-likeness (QED) is 0.418. The molecule has 4 rings (SSSR count). The third kappa shape index (κ3) is 3.81. The molecule has 1 aliphatic heterocycles. The van der Waals surface area contributed by atoms with E-state index in [1.54, 1.807) is 37.5 Å². The maximum absolute atomic E-state index is 14.3. The van der Waals surface area contributed by atoms with E-state index >= 15 is 0 Å². The Kier molecular flexibility index (Phi) is 5.77. The summed E-state index contributed by atoms with van der Waals surface area (Å²) >= 11 is 1.23. The molecule has 0 saturated heterocycles. The molecule has 1 amide bonds. The second-order valence-electron chi connectivity index (χ2n) is 6.81. The first-order valence-corrected chi connectivity index (χ1v) is 10.6. The number of methoxy groups -OCH3 is 2. The number of nitrogens with zero attached hydrogens (tertiary/aromatic N) is 3. The number of carbonyl (C=O) groups is 1. The highest BCUT2D eigenvalue weighted by Crippen LogP contribution is 2.34. The van der Waals surface area contributed by atoms with Crippen LogP contribution in [0, 0.1) is 11.6 Å². The van der Waals surface area contributed by atoms with Crippen LogP contribution in [0.3, 0.4) is 0 Å². The lowest BCUT2D eigenvalue weighted by molar-refractivity contribution is 0.0762. The molecular weight excluding hydrogens is 424 g/mol. The molecule has 0 bridgehead atoms. The van der Waals surface area contributed by atoms with Gasteiger partial charge in [0.15, 0.2) is 5.82 Å². The standard InChI is InChI=1S/C22H19F2N3O3S/c1-29-13-8-7-12(17(9-13)30-2)10-27-11-16-19(22(27)28)21(31-3)26-20(25-16)18-14(23)5-4-6-15(18)24/h4-9H,10-11H2,1-3H3. The van der Waals surface area contributed by atoms with E-state index < -0.39 is 11.6 Å². The summed E-state index contributed by atoms with van der Waals surface area (Å²) in [5.41, 5.74) is 1.29. The van der Waals surface area contributed by atoms with Gasteiger partial charge in [-0.3, -0.25) is 4.79 Å². The van der Waals surface area contributed by atoms with Crippen LogP contribution in [0.5, 0.6) is 11.5 Å². The zero-order chi connectivity index (χ0) is 22.1. The number of benzene rings is 2. The van der Waals surface area contributed by atoms with Crippen LogP contribution >= 0.6 is 11.8 Å². The molecule has 6 nitrogen and oxygen atoms in total. The highest BCUT2D eigenvalue weighted by atomic mass is 32.2. The Labute approximate surface area is 182 Å². The molecule has 1 aliphatic rings. The van der Waals surface area contributed by atoms with Crippen LogP contribution in [0.1, 0.15) is 21.6 Å². The van der Waals surface area contributed by atoms with Crippen LogP contribution in [0.2, 0.25) is 0 Å². The third-order valence-electron chi connectivity index (χ3n) is 5.03. The number of ether oxygens (including phenoxy) is 2. The lowest BCUT2D eigenvalue weighted by atomic mass is 10.1. The zero-order valence-electron chi connectivity index (χ0n) is 17.1. The van der Waals surface area contributed by atoms with Crippen LogP contribution in [0.4, 0.5) is 8.78 Å². The van der Waals surface area contributed by atoms with E-state index in [0.29, 0.717) is 27.8 Å². The minimum atomic E-state index is -0.754. The molecular formula is C22H19F2N3O3S. The molecule has 0 aliphatic carbocycles. The topological polar surface area (TPSA) is 64.5 Å². The van der Waals surface area contributed by atoms with Crippen LogP contribution in [0.25, 0.3) is 11.4 Å². The summed E-state index contributed by atoms with van der Waals surface area (Å²) in [7, 11) is 3.11. The third-order valence-corrected chi connectivity index (χ3v) is 5.71. The maximum Gasteiger partial charge on any atom is 0.259 e. The van der Waals surface area contributed by atoms with Crippen LogP contribution in [0.15, 0.2) is 41.4 Å². The number of hydrogen-bond acceptors (Lipinski definition) is 6. The minimum Gasteiger partial charge on any atom is -0.497 e. The van der Waals surface area contributed by atoms with E-state index in [4.69, 9.17) is 9.47 Å². The predicted octanol–water partition coefficient (Wildman–Crippen LogP) is 4.32. The Bertz CT molecular complexity index is 1150. The molecule has 2 aromatic carbocycles. The van der Waals surface area contributed by atoms with Crippen molar-refractivity contribution < 1.29 is 23.0 Å². The molecule has 31 heavy (non-hydrogen) atoms. The van der Waals surface area contributed by atoms with Gasteiger partial charge in [-0.1, -0.05) is 6.07 Å². The summed E-state index contributed by atoms with van der Waals surface area (Å²) < 4.78 is 39.2. The second kappa shape index (κ2) is 8.50. The summed E-state index contributed by atoms with van der Waals surface area (Å²) in [6.45, 7) is 0.474. The highest BCUT2D eigenvalue weighted by Gasteiger charge is 2.34. The summed E-state index contributed by atoms with van der Waals surface area (Å²) in [6, 6.07) is 8.95. The molecule has 0 atom stereocenters. The Morgan fingerprint density at radius 1 is 1.06 bits per heavy atom. The number of aromatic nitrogens is 2. The average Bonchev–Trinajstić information content (AvgIpc) is 3.08. The molecule has 9 heteroatoms. The monoisotopic (exact) mass is 443 g/mol. The fourth-order valence-electron chi connectivity index (χ4n) is 3.51. The van der Waals surface area contributed by atoms with Crippen molar-refractivity contribution >= 4 is 17.7 Å². The SMILES string of the molecule is COc1ccc(CN2Cc3nc(-c4c(F)cccc4F)nc(SC)c3C2=O)c(OC)c1. The first-order chi connectivity index (χ1) is 15.0. The Balaban J connectivity index is 1.71. The van der Waals surface area contributed by atoms with Gasteiger partial charge < -0.3 is 14.4 Å². The zero-order valence-corrected chi connectivity index (χ0v) is 17.9. The van der Waals surface area contributed by atoms with Gasteiger partial charge in [0.25, 0.3) is 5.91 Å². The number of halogens is 2. The van der Waals surface area contributed by atoms with Gasteiger partial charge in [-0.15, -0.1) is 11.8 Å². The first kappa shape index (κ1) is 21.0. The molecule has 160 valence electrons. The molecule has 0 fully saturated rings. The summed E-state index contributed by atoms with van der Waals surface area (Å²) in [4.78, 5) is 23.3. The molecule has 0 spiro atoms. The molecule has 3 aromatic rings. The van der Waals surface area contributed by atoms with Crippen molar-refractivity contribution in [1.29, 1.82) is 0 Å². The van der Waals surface area contributed by atoms with Gasteiger partial charge in [0.1, 0.15) is 28.2 Å². The van der Waals surface area contributed by atoms with E-state index in [9.17, 15) is 13.6 Å². The highest BCUT2D eigenvalue weighted by molar-refractivity contribution is 7.98. The molecule has 0 radical (unpaired) electrons. The number of rotatable bonds is 6. The predicted molar refractivity (Wildman–Crippen MR) is 112 cm³/mol. The first-order valence-electron chi connectivity index (χ1n) is 9.36. The largest absolute Gasteiger partial charge is 0.497 e. The molecule has 1 aromatic heterocycles. The lowest BCUT2D eigenvalue weighted by Gasteiger charge is -2.18. The van der Waals surface area contributed by atoms with Crippen molar-refractivity contribution in [2.75, 3.05) is 20.5 Å². The number of amides is 1. The van der Waals surface area contributed by atoms with Gasteiger partial charge in [-0.2, -0.15) is 0 Å². The minimum absolute atomic E-state index is 0.0737. The van der Waals surface area contributed by atoms with E-state index in [1.165, 1.54) is 17.8 Å². The van der Waals surface area contributed by atoms with Gasteiger partial charge in [-0.25, -0.2) is 18.7 Å². The average molecular weight is 443 g/mol. The Morgan fingerprint density at radius 2 is 1.81 bits per heavy atom. The van der Waals surface area contributed by atoms with Crippen LogP contribution in [-0.2, 0) is 13.1 Å². The maximum atomic E-state index is 14.3. The fourth-order valence-corrected chi connectivity index (χ4v) is 4.10. The molecule has 0 N–H and O–H groups in total. The van der Waals surface area contributed by atoms with Crippen molar-refractivity contribution in [3.05, 3.63) is 64.9 Å². The number of fused-ring (bicyclic) bond motifs is 1. The second-order valence-corrected chi connectivity index (χ2v) is 7.61. The van der Waals surface area contributed by atoms with E-state index in [0.717, 1.165) is 17.7 Å². The Hall–Kier alpha value is -3.20. The van der Waals surface area contributed by atoms with Crippen molar-refractivity contribution in [3.63, 3.8) is 0 Å². The van der Waals surface area contributed by atoms with Gasteiger partial charge in [0.2, 0.25) is 0 Å². The van der Waals surface area contributed by atoms with Gasteiger partial charge in [0.05, 0.1) is 44.1 Å². The van der Waals surface area contributed by atoms with Crippen molar-refractivity contribution in [2.24, 2.45) is 0 Å². The summed E-state index contributed by atoms with van der Waals surface area (Å²) in [5.74, 6) is -0.586. The van der Waals surface area contributed by atoms with E-state index in [1.807, 2.05) is 6.07 Å². The van der Waals surface area contributed by atoms with E-state index in [2.05, 4.69) is 9.97 Å². The summed E-state index contributed by atoms with van der Waals surface area (Å²) in [6.07, 6.45) is 1.76. The fraction of sp³-hybridized carbons (Fsp3) is 0.227. The molecule has 0 unspecified atom stereocenters. The van der Waals surface area contributed by atoms with Gasteiger partial charge in [-0.05, 0) is 30.5 Å². The van der Waals surface area contributed by atoms with Crippen molar-refractivity contribution in [2.45, 2.75) is 18.1 Å². The number of carbonyl (C=O) groups excluding carboxylic acids is 1. The lowest BCUT2D eigenvalue weighted by Crippen LogP contribution is -2.23. The number of thioether (sulfide) groups is 1. The van der Waals surface area contributed by atoms with Crippen LogP contribution in [-0.4, -0.2) is 41.3 Å². The van der Waals surface area contributed by atoms with Gasteiger partial charge in [0, 0.05) is 11.6 Å². The van der Waals surface area contributed by atoms with E-state index in [-0.39, 0.29) is 30.4 Å². The Morgan fingerprint density at radius 3 is 2.45 bits per heavy atom. The van der Waals surface area contributed by atoms with Crippen LogP contribution < -0.4 is 9.47 Å². The summed E-state index contributed by atoms with van der Waals surface area (Å²) in [5, 5.41) is 0.386. The molecule has 0 saturated carbocycles. The number of hydrogen-bond donors (Lipinski definition) is 0. The normalized spacial score (nSPS) is 12.8.